The zero-order chi connectivity index (χ0) is 62.1. The predicted molar refractivity (Wildman–Crippen MR) is 319 cm³/mol. The van der Waals surface area contributed by atoms with Gasteiger partial charge in [0.05, 0.1) is 56.5 Å². The van der Waals surface area contributed by atoms with Crippen molar-refractivity contribution in [3.8, 4) is 0 Å². The van der Waals surface area contributed by atoms with E-state index in [0.717, 1.165) is 93.2 Å². The summed E-state index contributed by atoms with van der Waals surface area (Å²) in [7, 11) is -3.32. The van der Waals surface area contributed by atoms with Crippen LogP contribution in [0.15, 0.2) is 84.9 Å². The Labute approximate surface area is 505 Å². The molecule has 1 amide bonds. The summed E-state index contributed by atoms with van der Waals surface area (Å²) in [5, 5.41) is 7.72. The number of nitrogens with two attached hydrogens (primary N) is 1. The quantitative estimate of drug-likeness (QED) is 0.0136. The molecule has 0 heterocycles. The molecule has 0 bridgehead atoms. The molecule has 0 aromatic heterocycles. The van der Waals surface area contributed by atoms with Crippen molar-refractivity contribution in [3.05, 3.63) is 128 Å². The first-order valence-corrected chi connectivity index (χ1v) is 32.0. The molecule has 5 N–H and O–H groups in total. The largest absolute Gasteiger partial charge is 0.467 e. The van der Waals surface area contributed by atoms with E-state index < -0.39 is 72.4 Å². The van der Waals surface area contributed by atoms with Crippen molar-refractivity contribution < 1.29 is 71.8 Å². The van der Waals surface area contributed by atoms with Crippen LogP contribution in [0.5, 0.6) is 0 Å². The molecule has 4 aromatic rings. The fourth-order valence-corrected chi connectivity index (χ4v) is 12.1. The van der Waals surface area contributed by atoms with Crippen LogP contribution in [-0.4, -0.2) is 100 Å². The Hall–Kier alpha value is -5.11. The van der Waals surface area contributed by atoms with Gasteiger partial charge in [-0.05, 0) is 135 Å². The van der Waals surface area contributed by atoms with E-state index in [9.17, 15) is 62.4 Å². The number of carbonyl (C=O) groups excluding carboxylic acids is 4. The van der Waals surface area contributed by atoms with Crippen molar-refractivity contribution in [2.24, 2.45) is 10.8 Å². The number of hydrogen-bond donors (Lipinski definition) is 4. The number of sulfone groups is 2. The van der Waals surface area contributed by atoms with Crippen LogP contribution in [0.2, 0.25) is 10.0 Å². The van der Waals surface area contributed by atoms with Crippen LogP contribution in [0.4, 0.5) is 37.7 Å². The lowest BCUT2D eigenvalue weighted by molar-refractivity contribution is -0.143. The van der Waals surface area contributed by atoms with Crippen molar-refractivity contribution in [2.45, 2.75) is 114 Å². The second kappa shape index (κ2) is 30.8. The van der Waals surface area contributed by atoms with Gasteiger partial charge in [0, 0.05) is 59.1 Å². The number of anilines is 2. The van der Waals surface area contributed by atoms with Crippen LogP contribution in [0.1, 0.15) is 120 Å². The normalized spacial score (nSPS) is 15.1. The van der Waals surface area contributed by atoms with Crippen molar-refractivity contribution >= 4 is 123 Å². The molecule has 2 fully saturated rings. The third kappa shape index (κ3) is 22.4. The highest BCUT2D eigenvalue weighted by Crippen LogP contribution is 2.47. The van der Waals surface area contributed by atoms with Gasteiger partial charge in [-0.2, -0.15) is 26.3 Å². The van der Waals surface area contributed by atoms with E-state index in [-0.39, 0.29) is 55.9 Å². The molecule has 456 valence electrons. The van der Waals surface area contributed by atoms with Gasteiger partial charge in [0.1, 0.15) is 31.8 Å². The van der Waals surface area contributed by atoms with Crippen LogP contribution in [0.3, 0.4) is 0 Å². The number of esters is 2. The van der Waals surface area contributed by atoms with Gasteiger partial charge in [-0.3, -0.25) is 9.59 Å². The van der Waals surface area contributed by atoms with Gasteiger partial charge in [-0.1, -0.05) is 97.6 Å². The average Bonchev–Trinajstić information content (AvgIpc) is 3.37. The maximum Gasteiger partial charge on any atom is 0.416 e. The zero-order valence-electron chi connectivity index (χ0n) is 45.7. The standard InChI is InChI=1S/C28H32ClF3N2O5S2.C20H30N2O4S2.C8H3Cl2F3O/c1-39-25(36)23(34-26(40)27(13-5-14-27)12-3-4-15-41(2,37)38)16-18-6-9-20(10-7-18)33-24(35)21-17-19(28(30,31)32)8-11-22(21)29;1-26-18(23)17(14-15-6-8-16(21)9-7-15)22-19(27)20(11-5-12-20)10-3-4-13-28(2,24)25;9-6-2-1-4(8(11,12)13)3-5(6)7(10)14/h6-11,17,23H,3-5,12-16H2,1-2H3,(H,33,35)(H,34,40);6-9,17H,3-5,10-14,21H2,1-2H3,(H,22,27);1-3H. The number of nitrogens with one attached hydrogen (secondary N) is 3. The molecular formula is C56H65Cl3F6N4O10S4. The number of ether oxygens (including phenoxy) is 2. The van der Waals surface area contributed by atoms with Gasteiger partial charge in [0.15, 0.2) is 0 Å². The molecule has 2 unspecified atom stereocenters. The molecule has 2 aliphatic carbocycles. The lowest BCUT2D eigenvalue weighted by atomic mass is 9.65. The Morgan fingerprint density at radius 3 is 1.33 bits per heavy atom. The summed E-state index contributed by atoms with van der Waals surface area (Å²) in [6.45, 7) is 0. The third-order valence-corrected chi connectivity index (χ3v) is 18.1. The molecule has 6 rings (SSSR count). The molecule has 83 heavy (non-hydrogen) atoms. The number of alkyl halides is 6. The van der Waals surface area contributed by atoms with Crippen molar-refractivity contribution in [3.63, 3.8) is 0 Å². The number of halogens is 9. The van der Waals surface area contributed by atoms with Gasteiger partial charge in [-0.25, -0.2) is 26.4 Å². The highest BCUT2D eigenvalue weighted by atomic mass is 35.5. The Morgan fingerprint density at radius 1 is 0.614 bits per heavy atom. The lowest BCUT2D eigenvalue weighted by Gasteiger charge is -2.43. The lowest BCUT2D eigenvalue weighted by Crippen LogP contribution is -2.51. The molecule has 0 radical (unpaired) electrons. The van der Waals surface area contributed by atoms with Gasteiger partial charge >= 0.3 is 24.3 Å². The molecule has 2 atom stereocenters. The maximum absolute atomic E-state index is 13.1. The van der Waals surface area contributed by atoms with Crippen molar-refractivity contribution in [2.75, 3.05) is 49.3 Å². The van der Waals surface area contributed by atoms with E-state index in [1.807, 2.05) is 12.1 Å². The first kappa shape index (κ1) is 70.4. The number of hydrogen-bond acceptors (Lipinski definition) is 13. The van der Waals surface area contributed by atoms with Gasteiger partial charge in [0.2, 0.25) is 0 Å². The van der Waals surface area contributed by atoms with Crippen molar-refractivity contribution in [1.29, 1.82) is 0 Å². The number of carbonyl (C=O) groups is 4. The summed E-state index contributed by atoms with van der Waals surface area (Å²) in [6, 6.07) is 17.4. The smallest absolute Gasteiger partial charge is 0.416 e. The van der Waals surface area contributed by atoms with E-state index in [4.69, 9.17) is 74.4 Å². The summed E-state index contributed by atoms with van der Waals surface area (Å²) < 4.78 is 131. The number of thiocarbonyl (C=S) groups is 2. The molecule has 2 saturated carbocycles. The second-order valence-electron chi connectivity index (χ2n) is 20.5. The van der Waals surface area contributed by atoms with Crippen LogP contribution in [0, 0.1) is 10.8 Å². The fraction of sp³-hybridized carbons (Fsp3) is 0.464. The van der Waals surface area contributed by atoms with Gasteiger partial charge in [0.25, 0.3) is 11.1 Å². The zero-order valence-corrected chi connectivity index (χ0v) is 51.3. The highest BCUT2D eigenvalue weighted by Gasteiger charge is 2.43. The van der Waals surface area contributed by atoms with E-state index in [1.54, 1.807) is 36.4 Å². The predicted octanol–water partition coefficient (Wildman–Crippen LogP) is 12.4. The van der Waals surface area contributed by atoms with E-state index in [0.29, 0.717) is 59.2 Å². The average molecular weight is 1300 g/mol. The van der Waals surface area contributed by atoms with Crippen LogP contribution < -0.4 is 21.7 Å². The molecule has 2 aliphatic rings. The fourth-order valence-electron chi connectivity index (χ4n) is 9.11. The topological polar surface area (TPSA) is 217 Å². The number of nitrogen functional groups attached to an aromatic ring is 1. The van der Waals surface area contributed by atoms with E-state index in [1.165, 1.54) is 26.7 Å². The summed E-state index contributed by atoms with van der Waals surface area (Å²) >= 11 is 27.9. The SMILES string of the molecule is COC(=O)C(Cc1ccc(N)cc1)NC(=S)C1(CCCCS(C)(=O)=O)CCC1.COC(=O)C(Cc1ccc(NC(=O)c2cc(C(F)(F)F)ccc2Cl)cc1)NC(=S)C1(CCCCS(C)(=O)=O)CCC1.O=C(Cl)c1cc(C(F)(F)F)ccc1Cl. The molecule has 27 heteroatoms. The Balaban J connectivity index is 0.000000302. The molecule has 14 nitrogen and oxygen atoms in total. The summed E-state index contributed by atoms with van der Waals surface area (Å²) in [6.07, 6.45) is 4.02. The minimum absolute atomic E-state index is 0.0991. The monoisotopic (exact) mass is 1300 g/mol. The molecule has 0 spiro atoms. The van der Waals surface area contributed by atoms with Crippen molar-refractivity contribution in [1.82, 2.24) is 10.6 Å². The maximum atomic E-state index is 13.1. The Kier molecular flexibility index (Phi) is 26.1. The second-order valence-corrected chi connectivity index (χ2v) is 27.0. The molecule has 0 aliphatic heterocycles. The molecule has 0 saturated heterocycles. The third-order valence-electron chi connectivity index (χ3n) is 14.1. The van der Waals surface area contributed by atoms with Crippen LogP contribution >= 0.6 is 59.2 Å². The Bertz CT molecular complexity index is 3160. The highest BCUT2D eigenvalue weighted by molar-refractivity contribution is 7.90. The van der Waals surface area contributed by atoms with E-state index in [2.05, 4.69) is 16.0 Å². The minimum Gasteiger partial charge on any atom is -0.467 e. The number of unbranched alkanes of at least 4 members (excludes halogenated alkanes) is 2. The Morgan fingerprint density at radius 2 is 0.988 bits per heavy atom. The number of methoxy groups -OCH3 is 2. The molecular weight excluding hydrogens is 1240 g/mol. The minimum atomic E-state index is -4.62. The first-order valence-electron chi connectivity index (χ1n) is 25.9. The summed E-state index contributed by atoms with van der Waals surface area (Å²) in [5.74, 6) is -1.33. The number of amides is 1. The summed E-state index contributed by atoms with van der Waals surface area (Å²) in [5.41, 5.74) is 5.40. The van der Waals surface area contributed by atoms with Gasteiger partial charge < -0.3 is 31.2 Å². The first-order chi connectivity index (χ1) is 38.6. The van der Waals surface area contributed by atoms with Gasteiger partial charge in [-0.15, -0.1) is 0 Å². The number of benzene rings is 4. The number of rotatable bonds is 23. The molecule has 4 aromatic carbocycles. The van der Waals surface area contributed by atoms with Crippen LogP contribution in [-0.2, 0) is 63.9 Å². The van der Waals surface area contributed by atoms with Crippen LogP contribution in [0.25, 0.3) is 0 Å². The summed E-state index contributed by atoms with van der Waals surface area (Å²) in [4.78, 5) is 49.4. The van der Waals surface area contributed by atoms with E-state index >= 15 is 0 Å².